The second-order valence-electron chi connectivity index (χ2n) is 9.19. The highest BCUT2D eigenvalue weighted by atomic mass is 16.3. The molecule has 0 radical (unpaired) electrons. The monoisotopic (exact) mass is 306 g/mol. The van der Waals surface area contributed by atoms with Crippen LogP contribution >= 0.6 is 0 Å². The summed E-state index contributed by atoms with van der Waals surface area (Å²) in [6.45, 7) is 4.55. The van der Waals surface area contributed by atoms with Crippen molar-refractivity contribution in [3.05, 3.63) is 0 Å². The summed E-state index contributed by atoms with van der Waals surface area (Å²) in [7, 11) is 0. The third-order valence-corrected chi connectivity index (χ3v) is 8.36. The number of ketones is 1. The summed E-state index contributed by atoms with van der Waals surface area (Å²) in [5.41, 5.74) is 0.0411. The topological polar surface area (TPSA) is 57.5 Å². The van der Waals surface area contributed by atoms with Crippen molar-refractivity contribution >= 4 is 5.78 Å². The fraction of sp³-hybridized carbons (Fsp3) is 0.947. The molecule has 0 aromatic carbocycles. The number of aliphatic hydroxyl groups excluding tert-OH is 2. The second kappa shape index (κ2) is 4.80. The summed E-state index contributed by atoms with van der Waals surface area (Å²) in [6.07, 6.45) is 6.88. The minimum Gasteiger partial charge on any atom is -0.393 e. The molecule has 124 valence electrons. The number of hydrogen-bond acceptors (Lipinski definition) is 3. The van der Waals surface area contributed by atoms with E-state index in [0.717, 1.165) is 44.9 Å². The van der Waals surface area contributed by atoms with Gasteiger partial charge in [0.1, 0.15) is 5.78 Å². The van der Waals surface area contributed by atoms with Gasteiger partial charge >= 0.3 is 0 Å². The van der Waals surface area contributed by atoms with Crippen LogP contribution in [0.3, 0.4) is 0 Å². The molecule has 2 N–H and O–H groups in total. The summed E-state index contributed by atoms with van der Waals surface area (Å²) >= 11 is 0. The van der Waals surface area contributed by atoms with Crippen LogP contribution in [0.4, 0.5) is 0 Å². The molecule has 0 heterocycles. The van der Waals surface area contributed by atoms with Crippen LogP contribution in [0.2, 0.25) is 0 Å². The molecule has 8 atom stereocenters. The Hall–Kier alpha value is -0.410. The van der Waals surface area contributed by atoms with Crippen molar-refractivity contribution in [1.82, 2.24) is 0 Å². The summed E-state index contributed by atoms with van der Waals surface area (Å²) in [5, 5.41) is 21.5. The van der Waals surface area contributed by atoms with Crippen molar-refractivity contribution in [3.63, 3.8) is 0 Å². The van der Waals surface area contributed by atoms with Crippen molar-refractivity contribution in [1.29, 1.82) is 0 Å². The third kappa shape index (κ3) is 1.84. The number of carbonyl (C=O) groups is 1. The van der Waals surface area contributed by atoms with Crippen molar-refractivity contribution in [2.75, 3.05) is 0 Å². The van der Waals surface area contributed by atoms with Crippen LogP contribution in [0.5, 0.6) is 0 Å². The minimum absolute atomic E-state index is 0.0890. The first-order valence-corrected chi connectivity index (χ1v) is 9.24. The van der Waals surface area contributed by atoms with E-state index in [-0.39, 0.29) is 23.0 Å². The van der Waals surface area contributed by atoms with E-state index < -0.39 is 0 Å². The lowest BCUT2D eigenvalue weighted by Gasteiger charge is -2.61. The van der Waals surface area contributed by atoms with Gasteiger partial charge in [-0.1, -0.05) is 13.8 Å². The van der Waals surface area contributed by atoms with Gasteiger partial charge in [0.15, 0.2) is 0 Å². The number of fused-ring (bicyclic) bond motifs is 5. The van der Waals surface area contributed by atoms with E-state index in [1.54, 1.807) is 0 Å². The molecule has 0 aliphatic heterocycles. The Bertz CT molecular complexity index is 489. The SMILES string of the molecule is C[C@]12CCC(=O)C[C@@H]1CC[C@@H]1[C@@H]2[C@@H](O)C[C@]2(C)[C@@H](O)CC[C@@H]12. The average Bonchev–Trinajstić information content (AvgIpc) is 2.75. The molecule has 4 rings (SSSR count). The zero-order valence-corrected chi connectivity index (χ0v) is 13.9. The van der Waals surface area contributed by atoms with E-state index >= 15 is 0 Å². The van der Waals surface area contributed by atoms with Crippen molar-refractivity contribution < 1.29 is 15.0 Å². The van der Waals surface area contributed by atoms with E-state index in [9.17, 15) is 15.0 Å². The van der Waals surface area contributed by atoms with E-state index in [0.29, 0.717) is 35.9 Å². The molecular weight excluding hydrogens is 276 g/mol. The number of aliphatic hydroxyl groups is 2. The quantitative estimate of drug-likeness (QED) is 0.723. The smallest absolute Gasteiger partial charge is 0.133 e. The lowest BCUT2D eigenvalue weighted by Crippen LogP contribution is -2.59. The second-order valence-corrected chi connectivity index (χ2v) is 9.19. The Kier molecular flexibility index (Phi) is 3.30. The predicted molar refractivity (Wildman–Crippen MR) is 84.1 cm³/mol. The van der Waals surface area contributed by atoms with E-state index in [4.69, 9.17) is 0 Å². The Balaban J connectivity index is 1.69. The van der Waals surface area contributed by atoms with E-state index in [1.807, 2.05) is 0 Å². The lowest BCUT2D eigenvalue weighted by molar-refractivity contribution is -0.177. The number of Topliss-reactive ketones (excluding diaryl/α,β-unsaturated/α-hetero) is 1. The molecule has 0 aromatic rings. The maximum absolute atomic E-state index is 11.9. The first-order valence-electron chi connectivity index (χ1n) is 9.24. The van der Waals surface area contributed by atoms with Gasteiger partial charge < -0.3 is 10.2 Å². The van der Waals surface area contributed by atoms with Crippen LogP contribution in [-0.2, 0) is 4.79 Å². The molecule has 0 unspecified atom stereocenters. The Morgan fingerprint density at radius 1 is 1.05 bits per heavy atom. The molecule has 0 bridgehead atoms. The van der Waals surface area contributed by atoms with Gasteiger partial charge in [0.25, 0.3) is 0 Å². The summed E-state index contributed by atoms with van der Waals surface area (Å²) in [6, 6.07) is 0. The standard InChI is InChI=1S/C19H30O3/c1-18-8-7-12(20)9-11(18)3-4-13-14-5-6-16(22)19(14,2)10-15(21)17(13)18/h11,13-17,21-22H,3-10H2,1-2H3/t11-,13-,14-,15-,16-,17+,18-,19-/m0/s1. The van der Waals surface area contributed by atoms with Gasteiger partial charge in [-0.05, 0) is 73.0 Å². The maximum atomic E-state index is 11.9. The van der Waals surface area contributed by atoms with Crippen LogP contribution in [0.15, 0.2) is 0 Å². The molecule has 22 heavy (non-hydrogen) atoms. The average molecular weight is 306 g/mol. The van der Waals surface area contributed by atoms with Gasteiger partial charge in [0.2, 0.25) is 0 Å². The van der Waals surface area contributed by atoms with Crippen LogP contribution in [-0.4, -0.2) is 28.2 Å². The molecule has 4 aliphatic rings. The fourth-order valence-electron chi connectivity index (χ4n) is 7.14. The molecule has 4 saturated carbocycles. The predicted octanol–water partition coefficient (Wildman–Crippen LogP) is 2.93. The molecule has 0 saturated heterocycles. The summed E-state index contributed by atoms with van der Waals surface area (Å²) in [5.74, 6) is 2.34. The van der Waals surface area contributed by atoms with Crippen molar-refractivity contribution in [2.45, 2.75) is 77.4 Å². The van der Waals surface area contributed by atoms with Crippen molar-refractivity contribution in [3.8, 4) is 0 Å². The lowest BCUT2D eigenvalue weighted by atomic mass is 9.44. The van der Waals surface area contributed by atoms with Crippen molar-refractivity contribution in [2.24, 2.45) is 34.5 Å². The largest absolute Gasteiger partial charge is 0.393 e. The van der Waals surface area contributed by atoms with Gasteiger partial charge in [-0.25, -0.2) is 0 Å². The normalized spacial score (nSPS) is 57.9. The van der Waals surface area contributed by atoms with Crippen LogP contribution in [0, 0.1) is 34.5 Å². The third-order valence-electron chi connectivity index (χ3n) is 8.36. The number of hydrogen-bond donors (Lipinski definition) is 2. The highest BCUT2D eigenvalue weighted by molar-refractivity contribution is 5.79. The Morgan fingerprint density at radius 3 is 2.59 bits per heavy atom. The van der Waals surface area contributed by atoms with Gasteiger partial charge in [0, 0.05) is 12.8 Å². The minimum atomic E-state index is -0.306. The van der Waals surface area contributed by atoms with E-state index in [2.05, 4.69) is 13.8 Å². The van der Waals surface area contributed by atoms with Gasteiger partial charge in [0.05, 0.1) is 12.2 Å². The highest BCUT2D eigenvalue weighted by Gasteiger charge is 2.62. The van der Waals surface area contributed by atoms with Crippen LogP contribution < -0.4 is 0 Å². The first kappa shape index (κ1) is 15.1. The fourth-order valence-corrected chi connectivity index (χ4v) is 7.14. The molecule has 3 nitrogen and oxygen atoms in total. The molecule has 4 aliphatic carbocycles. The zero-order valence-electron chi connectivity index (χ0n) is 13.9. The molecule has 4 fully saturated rings. The van der Waals surface area contributed by atoms with E-state index in [1.165, 1.54) is 0 Å². The summed E-state index contributed by atoms with van der Waals surface area (Å²) in [4.78, 5) is 11.9. The van der Waals surface area contributed by atoms with Crippen LogP contribution in [0.25, 0.3) is 0 Å². The Labute approximate surface area is 133 Å². The van der Waals surface area contributed by atoms with Gasteiger partial charge in [-0.15, -0.1) is 0 Å². The molecule has 0 spiro atoms. The molecule has 0 amide bonds. The highest BCUT2D eigenvalue weighted by Crippen LogP contribution is 2.65. The van der Waals surface area contributed by atoms with Gasteiger partial charge in [-0.2, -0.15) is 0 Å². The molecular formula is C19H30O3. The zero-order chi connectivity index (χ0) is 15.7. The summed E-state index contributed by atoms with van der Waals surface area (Å²) < 4.78 is 0. The number of carbonyl (C=O) groups excluding carboxylic acids is 1. The maximum Gasteiger partial charge on any atom is 0.133 e. The molecule has 3 heteroatoms. The van der Waals surface area contributed by atoms with Crippen LogP contribution in [0.1, 0.15) is 65.2 Å². The van der Waals surface area contributed by atoms with Gasteiger partial charge in [-0.3, -0.25) is 4.79 Å². The number of rotatable bonds is 0. The first-order chi connectivity index (χ1) is 10.4. The molecule has 0 aromatic heterocycles. The Morgan fingerprint density at radius 2 is 1.82 bits per heavy atom.